The van der Waals surface area contributed by atoms with Crippen LogP contribution in [0.1, 0.15) is 19.2 Å². The van der Waals surface area contributed by atoms with Crippen molar-refractivity contribution >= 4 is 9.84 Å². The van der Waals surface area contributed by atoms with Gasteiger partial charge in [0.05, 0.1) is 5.75 Å². The Hall–Kier alpha value is -0.950. The van der Waals surface area contributed by atoms with E-state index >= 15 is 0 Å². The fourth-order valence-corrected chi connectivity index (χ4v) is 2.62. The maximum absolute atomic E-state index is 11.6. The summed E-state index contributed by atoms with van der Waals surface area (Å²) >= 11 is 0. The van der Waals surface area contributed by atoms with Gasteiger partial charge in [0.15, 0.2) is 9.84 Å². The molecule has 0 fully saturated rings. The molecule has 1 unspecified atom stereocenters. The quantitative estimate of drug-likeness (QED) is 0.736. The highest BCUT2D eigenvalue weighted by Crippen LogP contribution is 2.04. The molecule has 86 valence electrons. The predicted octanol–water partition coefficient (Wildman–Crippen LogP) is -0.533. The van der Waals surface area contributed by atoms with Crippen LogP contribution < -0.4 is 5.73 Å². The molecule has 0 amide bonds. The van der Waals surface area contributed by atoms with Gasteiger partial charge < -0.3 is 5.73 Å². The normalized spacial score (nSPS) is 14.1. The van der Waals surface area contributed by atoms with Crippen LogP contribution in [-0.2, 0) is 22.6 Å². The van der Waals surface area contributed by atoms with E-state index in [0.29, 0.717) is 12.2 Å². The first kappa shape index (κ1) is 12.1. The molecule has 1 heterocycles. The van der Waals surface area contributed by atoms with Gasteiger partial charge in [0, 0.05) is 13.1 Å². The second-order valence-electron chi connectivity index (χ2n) is 3.66. The third-order valence-corrected chi connectivity index (χ3v) is 3.59. The highest BCUT2D eigenvalue weighted by molar-refractivity contribution is 7.90. The molecule has 7 heteroatoms. The molecule has 0 bridgehead atoms. The molecule has 1 aromatic rings. The highest BCUT2D eigenvalue weighted by atomic mass is 32.2. The van der Waals surface area contributed by atoms with Crippen molar-refractivity contribution in [1.82, 2.24) is 14.8 Å². The van der Waals surface area contributed by atoms with E-state index in [-0.39, 0.29) is 17.5 Å². The molecular formula is C8H16N4O2S. The van der Waals surface area contributed by atoms with Crippen molar-refractivity contribution in [2.45, 2.75) is 25.1 Å². The van der Waals surface area contributed by atoms with Gasteiger partial charge >= 0.3 is 0 Å². The van der Waals surface area contributed by atoms with E-state index in [2.05, 4.69) is 10.1 Å². The number of hydrogen-bond donors (Lipinski definition) is 1. The van der Waals surface area contributed by atoms with E-state index in [0.717, 1.165) is 0 Å². The number of aromatic nitrogens is 3. The Morgan fingerprint density at radius 3 is 2.73 bits per heavy atom. The Kier molecular flexibility index (Phi) is 3.81. The Balaban J connectivity index is 2.61. The summed E-state index contributed by atoms with van der Waals surface area (Å²) in [7, 11) is -1.46. The molecule has 0 aliphatic heterocycles. The number of aryl methyl sites for hydroxylation is 1. The predicted molar refractivity (Wildman–Crippen MR) is 56.8 cm³/mol. The fourth-order valence-electron chi connectivity index (χ4n) is 1.09. The van der Waals surface area contributed by atoms with Gasteiger partial charge in [-0.25, -0.2) is 13.4 Å². The second kappa shape index (κ2) is 4.71. The monoisotopic (exact) mass is 232 g/mol. The molecule has 0 saturated heterocycles. The maximum atomic E-state index is 11.6. The van der Waals surface area contributed by atoms with Crippen molar-refractivity contribution in [1.29, 1.82) is 0 Å². The third-order valence-electron chi connectivity index (χ3n) is 2.04. The van der Waals surface area contributed by atoms with Crippen LogP contribution in [0.5, 0.6) is 0 Å². The van der Waals surface area contributed by atoms with Gasteiger partial charge in [-0.15, -0.1) is 0 Å². The number of rotatable bonds is 5. The van der Waals surface area contributed by atoms with Crippen LogP contribution >= 0.6 is 0 Å². The van der Waals surface area contributed by atoms with Crippen molar-refractivity contribution in [2.24, 2.45) is 12.8 Å². The lowest BCUT2D eigenvalue weighted by atomic mass is 10.3. The Morgan fingerprint density at radius 2 is 2.27 bits per heavy atom. The Labute approximate surface area is 89.4 Å². The number of sulfone groups is 1. The highest BCUT2D eigenvalue weighted by Gasteiger charge is 2.15. The summed E-state index contributed by atoms with van der Waals surface area (Å²) in [5.41, 5.74) is 5.51. The zero-order valence-corrected chi connectivity index (χ0v) is 9.74. The first-order chi connectivity index (χ1) is 6.91. The van der Waals surface area contributed by atoms with Gasteiger partial charge in [0.1, 0.15) is 17.9 Å². The molecular weight excluding hydrogens is 216 g/mol. The molecule has 0 saturated carbocycles. The van der Waals surface area contributed by atoms with Crippen LogP contribution in [0, 0.1) is 0 Å². The lowest BCUT2D eigenvalue weighted by Gasteiger charge is -2.05. The van der Waals surface area contributed by atoms with Crippen LogP contribution in [0.2, 0.25) is 0 Å². The van der Waals surface area contributed by atoms with Crippen molar-refractivity contribution < 1.29 is 8.42 Å². The minimum absolute atomic E-state index is 0.0732. The van der Waals surface area contributed by atoms with E-state index in [1.807, 2.05) is 0 Å². The van der Waals surface area contributed by atoms with Crippen molar-refractivity contribution in [3.8, 4) is 0 Å². The average molecular weight is 232 g/mol. The number of nitrogens with two attached hydrogens (primary N) is 1. The summed E-state index contributed by atoms with van der Waals surface area (Å²) in [4.78, 5) is 3.87. The molecule has 1 rings (SSSR count). The summed E-state index contributed by atoms with van der Waals surface area (Å²) in [6.07, 6.45) is 1.82. The summed E-state index contributed by atoms with van der Waals surface area (Å²) in [5.74, 6) is 0.480. The van der Waals surface area contributed by atoms with Gasteiger partial charge in [0.25, 0.3) is 0 Å². The van der Waals surface area contributed by atoms with Crippen LogP contribution in [0.15, 0.2) is 6.33 Å². The topological polar surface area (TPSA) is 90.9 Å². The lowest BCUT2D eigenvalue weighted by molar-refractivity contribution is 0.582. The van der Waals surface area contributed by atoms with E-state index in [4.69, 9.17) is 5.73 Å². The van der Waals surface area contributed by atoms with Crippen LogP contribution in [0.4, 0.5) is 0 Å². The summed E-state index contributed by atoms with van der Waals surface area (Å²) in [6, 6.07) is -0.0979. The van der Waals surface area contributed by atoms with Gasteiger partial charge in [-0.05, 0) is 13.3 Å². The van der Waals surface area contributed by atoms with Gasteiger partial charge in [-0.2, -0.15) is 5.10 Å². The maximum Gasteiger partial charge on any atom is 0.157 e. The summed E-state index contributed by atoms with van der Waals surface area (Å²) in [6.45, 7) is 1.79. The molecule has 15 heavy (non-hydrogen) atoms. The third kappa shape index (κ3) is 3.96. The first-order valence-electron chi connectivity index (χ1n) is 4.69. The van der Waals surface area contributed by atoms with E-state index in [1.54, 1.807) is 14.0 Å². The van der Waals surface area contributed by atoms with Crippen LogP contribution in [0.3, 0.4) is 0 Å². The molecule has 0 spiro atoms. The van der Waals surface area contributed by atoms with E-state index in [1.165, 1.54) is 11.0 Å². The minimum Gasteiger partial charge on any atom is -0.328 e. The fraction of sp³-hybridized carbons (Fsp3) is 0.750. The molecule has 0 aromatic carbocycles. The smallest absolute Gasteiger partial charge is 0.157 e. The lowest BCUT2D eigenvalue weighted by Crippen LogP contribution is -2.21. The molecule has 1 atom stereocenters. The molecule has 0 aliphatic rings. The SMILES string of the molecule is CC(N)CCS(=O)(=O)Cc1ncnn1C. The van der Waals surface area contributed by atoms with Crippen molar-refractivity contribution in [2.75, 3.05) is 5.75 Å². The van der Waals surface area contributed by atoms with Gasteiger partial charge in [-0.3, -0.25) is 4.68 Å². The zero-order chi connectivity index (χ0) is 11.5. The molecule has 0 radical (unpaired) electrons. The van der Waals surface area contributed by atoms with E-state index < -0.39 is 9.84 Å². The van der Waals surface area contributed by atoms with Gasteiger partial charge in [-0.1, -0.05) is 0 Å². The Bertz CT molecular complexity index is 410. The number of nitrogens with zero attached hydrogens (tertiary/aromatic N) is 3. The largest absolute Gasteiger partial charge is 0.328 e. The van der Waals surface area contributed by atoms with E-state index in [9.17, 15) is 8.42 Å². The molecule has 0 aliphatic carbocycles. The van der Waals surface area contributed by atoms with Crippen LogP contribution in [-0.4, -0.2) is 35.0 Å². The average Bonchev–Trinajstić information content (AvgIpc) is 2.48. The summed E-state index contributed by atoms with van der Waals surface area (Å²) < 4.78 is 24.7. The second-order valence-corrected chi connectivity index (χ2v) is 5.84. The van der Waals surface area contributed by atoms with Crippen molar-refractivity contribution in [3.05, 3.63) is 12.2 Å². The molecule has 6 nitrogen and oxygen atoms in total. The van der Waals surface area contributed by atoms with Gasteiger partial charge in [0.2, 0.25) is 0 Å². The summed E-state index contributed by atoms with van der Waals surface area (Å²) in [5, 5.41) is 3.81. The van der Waals surface area contributed by atoms with Crippen LogP contribution in [0.25, 0.3) is 0 Å². The minimum atomic E-state index is -3.13. The Morgan fingerprint density at radius 1 is 1.60 bits per heavy atom. The standard InChI is InChI=1S/C8H16N4O2S/c1-7(9)3-4-15(13,14)5-8-10-6-11-12(8)2/h6-7H,3-5,9H2,1-2H3. The first-order valence-corrected chi connectivity index (χ1v) is 6.52. The van der Waals surface area contributed by atoms with Crippen molar-refractivity contribution in [3.63, 3.8) is 0 Å². The number of hydrogen-bond acceptors (Lipinski definition) is 5. The molecule has 1 aromatic heterocycles. The molecule has 2 N–H and O–H groups in total. The zero-order valence-electron chi connectivity index (χ0n) is 8.92.